The van der Waals surface area contributed by atoms with Gasteiger partial charge >= 0.3 is 0 Å². The van der Waals surface area contributed by atoms with Crippen molar-refractivity contribution < 1.29 is 9.59 Å². The summed E-state index contributed by atoms with van der Waals surface area (Å²) in [5.74, 6) is -0.245. The summed E-state index contributed by atoms with van der Waals surface area (Å²) in [6.07, 6.45) is 3.14. The van der Waals surface area contributed by atoms with Gasteiger partial charge in [-0.1, -0.05) is 12.1 Å². The van der Waals surface area contributed by atoms with E-state index < -0.39 is 5.41 Å². The van der Waals surface area contributed by atoms with Crippen LogP contribution in [0.25, 0.3) is 10.9 Å². The normalized spacial score (nSPS) is 16.5. The van der Waals surface area contributed by atoms with Crippen molar-refractivity contribution in [1.82, 2.24) is 9.88 Å². The van der Waals surface area contributed by atoms with Crippen molar-refractivity contribution in [3.05, 3.63) is 35.5 Å². The van der Waals surface area contributed by atoms with E-state index in [4.69, 9.17) is 5.73 Å². The van der Waals surface area contributed by atoms with Gasteiger partial charge in [0.15, 0.2) is 0 Å². The van der Waals surface area contributed by atoms with Gasteiger partial charge in [0.25, 0.3) is 0 Å². The third kappa shape index (κ3) is 2.36. The highest BCUT2D eigenvalue weighted by Gasteiger charge is 2.45. The van der Waals surface area contributed by atoms with Crippen molar-refractivity contribution in [2.45, 2.75) is 26.7 Å². The van der Waals surface area contributed by atoms with Crippen LogP contribution >= 0.6 is 0 Å². The SMILES string of the molecule is Cc1cccc2[nH]cc(CCC(=O)N3CC(C)(C(N)=O)C3)c12. The van der Waals surface area contributed by atoms with Crippen molar-refractivity contribution >= 4 is 22.7 Å². The van der Waals surface area contributed by atoms with E-state index in [0.717, 1.165) is 5.52 Å². The van der Waals surface area contributed by atoms with E-state index in [1.165, 1.54) is 16.5 Å². The number of hydrogen-bond acceptors (Lipinski definition) is 2. The van der Waals surface area contributed by atoms with Crippen LogP contribution in [0.5, 0.6) is 0 Å². The first-order valence-corrected chi connectivity index (χ1v) is 7.54. The van der Waals surface area contributed by atoms with Crippen molar-refractivity contribution in [1.29, 1.82) is 0 Å². The Labute approximate surface area is 129 Å². The molecule has 116 valence electrons. The number of nitrogens with two attached hydrogens (primary N) is 1. The molecule has 5 heteroatoms. The highest BCUT2D eigenvalue weighted by molar-refractivity contribution is 5.88. The molecule has 3 rings (SSSR count). The quantitative estimate of drug-likeness (QED) is 0.902. The molecule has 3 N–H and O–H groups in total. The fourth-order valence-corrected chi connectivity index (χ4v) is 3.18. The Morgan fingerprint density at radius 1 is 1.36 bits per heavy atom. The first-order valence-electron chi connectivity index (χ1n) is 7.54. The number of aromatic nitrogens is 1. The van der Waals surface area contributed by atoms with Gasteiger partial charge in [0.05, 0.1) is 5.41 Å². The highest BCUT2D eigenvalue weighted by atomic mass is 16.2. The van der Waals surface area contributed by atoms with Crippen LogP contribution in [-0.2, 0) is 16.0 Å². The third-order valence-corrected chi connectivity index (χ3v) is 4.63. The lowest BCUT2D eigenvalue weighted by Crippen LogP contribution is -2.62. The number of likely N-dealkylation sites (tertiary alicyclic amines) is 1. The Morgan fingerprint density at radius 2 is 2.09 bits per heavy atom. The molecule has 1 aliphatic heterocycles. The van der Waals surface area contributed by atoms with E-state index in [-0.39, 0.29) is 11.8 Å². The fraction of sp³-hybridized carbons (Fsp3) is 0.412. The van der Waals surface area contributed by atoms with E-state index in [1.807, 2.05) is 25.3 Å². The second-order valence-electron chi connectivity index (χ2n) is 6.49. The number of aromatic amines is 1. The number of primary amides is 1. The summed E-state index contributed by atoms with van der Waals surface area (Å²) < 4.78 is 0. The Balaban J connectivity index is 1.63. The largest absolute Gasteiger partial charge is 0.369 e. The molecule has 0 radical (unpaired) electrons. The van der Waals surface area contributed by atoms with Gasteiger partial charge in [-0.05, 0) is 37.5 Å². The number of fused-ring (bicyclic) bond motifs is 1. The summed E-state index contributed by atoms with van der Waals surface area (Å²) in [4.78, 5) is 28.5. The zero-order valence-electron chi connectivity index (χ0n) is 13.0. The van der Waals surface area contributed by atoms with Gasteiger partial charge in [-0.2, -0.15) is 0 Å². The van der Waals surface area contributed by atoms with Gasteiger partial charge in [-0.15, -0.1) is 0 Å². The Morgan fingerprint density at radius 3 is 2.77 bits per heavy atom. The molecule has 2 heterocycles. The monoisotopic (exact) mass is 299 g/mol. The molecule has 5 nitrogen and oxygen atoms in total. The average molecular weight is 299 g/mol. The molecule has 0 aliphatic carbocycles. The van der Waals surface area contributed by atoms with Gasteiger partial charge < -0.3 is 15.6 Å². The molecule has 0 spiro atoms. The predicted octanol–water partition coefficient (Wildman–Crippen LogP) is 1.74. The molecule has 1 aromatic carbocycles. The number of aryl methyl sites for hydroxylation is 2. The number of nitrogens with one attached hydrogen (secondary N) is 1. The molecule has 0 atom stereocenters. The van der Waals surface area contributed by atoms with Crippen LogP contribution in [0.4, 0.5) is 0 Å². The van der Waals surface area contributed by atoms with Crippen LogP contribution in [-0.4, -0.2) is 34.8 Å². The van der Waals surface area contributed by atoms with E-state index >= 15 is 0 Å². The summed E-state index contributed by atoms with van der Waals surface area (Å²) >= 11 is 0. The minimum atomic E-state index is -0.549. The molecule has 1 fully saturated rings. The number of rotatable bonds is 4. The smallest absolute Gasteiger partial charge is 0.226 e. The summed E-state index contributed by atoms with van der Waals surface area (Å²) in [6, 6.07) is 6.14. The standard InChI is InChI=1S/C17H21N3O2/c1-11-4-3-5-13-15(11)12(8-19-13)6-7-14(21)20-9-17(2,10-20)16(18)22/h3-5,8,19H,6-7,9-10H2,1-2H3,(H2,18,22). The summed E-state index contributed by atoms with van der Waals surface area (Å²) in [7, 11) is 0. The highest BCUT2D eigenvalue weighted by Crippen LogP contribution is 2.30. The molecule has 1 saturated heterocycles. The van der Waals surface area contributed by atoms with E-state index in [9.17, 15) is 9.59 Å². The van der Waals surface area contributed by atoms with Crippen LogP contribution < -0.4 is 5.73 Å². The molecular formula is C17H21N3O2. The number of benzene rings is 1. The first-order chi connectivity index (χ1) is 10.4. The molecule has 1 aromatic heterocycles. The maximum Gasteiger partial charge on any atom is 0.226 e. The van der Waals surface area contributed by atoms with Crippen LogP contribution in [0, 0.1) is 12.3 Å². The molecule has 0 saturated carbocycles. The van der Waals surface area contributed by atoms with Crippen LogP contribution in [0.2, 0.25) is 0 Å². The first kappa shape index (κ1) is 14.6. The molecule has 2 amide bonds. The molecule has 0 bridgehead atoms. The van der Waals surface area contributed by atoms with E-state index in [2.05, 4.69) is 18.0 Å². The Kier molecular flexibility index (Phi) is 3.43. The molecule has 2 aromatic rings. The summed E-state index contributed by atoms with van der Waals surface area (Å²) in [5, 5.41) is 1.21. The maximum absolute atomic E-state index is 12.2. The van der Waals surface area contributed by atoms with Crippen molar-refractivity contribution in [2.24, 2.45) is 11.1 Å². The van der Waals surface area contributed by atoms with Crippen molar-refractivity contribution in [3.63, 3.8) is 0 Å². The second-order valence-corrected chi connectivity index (χ2v) is 6.49. The predicted molar refractivity (Wildman–Crippen MR) is 85.2 cm³/mol. The number of carbonyl (C=O) groups is 2. The summed E-state index contributed by atoms with van der Waals surface area (Å²) in [6.45, 7) is 4.76. The van der Waals surface area contributed by atoms with Crippen LogP contribution in [0.1, 0.15) is 24.5 Å². The van der Waals surface area contributed by atoms with E-state index in [0.29, 0.717) is 25.9 Å². The number of nitrogens with zero attached hydrogens (tertiary/aromatic N) is 1. The van der Waals surface area contributed by atoms with E-state index in [1.54, 1.807) is 4.90 Å². The second kappa shape index (κ2) is 5.16. The van der Waals surface area contributed by atoms with Crippen LogP contribution in [0.3, 0.4) is 0 Å². The van der Waals surface area contributed by atoms with Crippen LogP contribution in [0.15, 0.2) is 24.4 Å². The number of hydrogen-bond donors (Lipinski definition) is 2. The van der Waals surface area contributed by atoms with Crippen molar-refractivity contribution in [3.8, 4) is 0 Å². The van der Waals surface area contributed by atoms with Crippen molar-refractivity contribution in [2.75, 3.05) is 13.1 Å². The third-order valence-electron chi connectivity index (χ3n) is 4.63. The molecule has 1 aliphatic rings. The Hall–Kier alpha value is -2.30. The zero-order chi connectivity index (χ0) is 15.9. The van der Waals surface area contributed by atoms with Gasteiger partial charge in [-0.25, -0.2) is 0 Å². The topological polar surface area (TPSA) is 79.2 Å². The minimum absolute atomic E-state index is 0.0849. The van der Waals surface area contributed by atoms with Gasteiger partial charge in [0.2, 0.25) is 11.8 Å². The minimum Gasteiger partial charge on any atom is -0.369 e. The average Bonchev–Trinajstić information content (AvgIpc) is 2.85. The molecule has 22 heavy (non-hydrogen) atoms. The lowest BCUT2D eigenvalue weighted by Gasteiger charge is -2.45. The lowest BCUT2D eigenvalue weighted by atomic mass is 9.81. The fourth-order valence-electron chi connectivity index (χ4n) is 3.18. The zero-order valence-corrected chi connectivity index (χ0v) is 13.0. The number of amides is 2. The molecule has 0 unspecified atom stereocenters. The number of H-pyrrole nitrogens is 1. The Bertz CT molecular complexity index is 741. The summed E-state index contributed by atoms with van der Waals surface area (Å²) in [5.41, 5.74) is 8.28. The number of carbonyl (C=O) groups excluding carboxylic acids is 2. The van der Waals surface area contributed by atoms with Gasteiger partial charge in [0, 0.05) is 36.6 Å². The molecular weight excluding hydrogens is 278 g/mol. The maximum atomic E-state index is 12.2. The van der Waals surface area contributed by atoms with Gasteiger partial charge in [0.1, 0.15) is 0 Å². The lowest BCUT2D eigenvalue weighted by molar-refractivity contribution is -0.150. The van der Waals surface area contributed by atoms with Gasteiger partial charge in [-0.3, -0.25) is 9.59 Å².